The van der Waals surface area contributed by atoms with Gasteiger partial charge in [-0.05, 0) is 42.9 Å². The summed E-state index contributed by atoms with van der Waals surface area (Å²) in [5, 5.41) is 3.36. The maximum Gasteiger partial charge on any atom is 0.140 e. The molecule has 1 aliphatic carbocycles. The molecule has 96 valence electrons. The quantitative estimate of drug-likeness (QED) is 0.884. The highest BCUT2D eigenvalue weighted by atomic mass is 16.1. The van der Waals surface area contributed by atoms with Crippen LogP contribution in [0.15, 0.2) is 24.3 Å². The molecule has 0 saturated carbocycles. The lowest BCUT2D eigenvalue weighted by Crippen LogP contribution is -2.44. The zero-order chi connectivity index (χ0) is 12.6. The van der Waals surface area contributed by atoms with Gasteiger partial charge in [0.2, 0.25) is 0 Å². The van der Waals surface area contributed by atoms with Crippen LogP contribution in [-0.4, -0.2) is 18.9 Å². The summed E-state index contributed by atoms with van der Waals surface area (Å²) in [6, 6.07) is 8.53. The van der Waals surface area contributed by atoms with Crippen LogP contribution in [0.25, 0.3) is 0 Å². The molecule has 0 radical (unpaired) electrons. The summed E-state index contributed by atoms with van der Waals surface area (Å²) >= 11 is 0. The predicted molar refractivity (Wildman–Crippen MR) is 72.7 cm³/mol. The van der Waals surface area contributed by atoms with Crippen LogP contribution in [0.5, 0.6) is 0 Å². The number of Topliss-reactive ketones (excluding diaryl/α,β-unsaturated/α-hetero) is 1. The van der Waals surface area contributed by atoms with Gasteiger partial charge in [0.25, 0.3) is 0 Å². The first-order chi connectivity index (χ1) is 8.69. The predicted octanol–water partition coefficient (Wildman–Crippen LogP) is 2.68. The van der Waals surface area contributed by atoms with Crippen molar-refractivity contribution in [2.24, 2.45) is 5.41 Å². The number of fused-ring (bicyclic) bond motifs is 1. The highest BCUT2D eigenvalue weighted by Crippen LogP contribution is 2.40. The second-order valence-electron chi connectivity index (χ2n) is 6.07. The minimum atomic E-state index is -0.122. The van der Waals surface area contributed by atoms with E-state index in [0.717, 1.165) is 38.8 Å². The number of carbonyl (C=O) groups excluding carboxylic acids is 1. The molecule has 1 aromatic rings. The SMILES string of the molecule is CC1(C(=O)CC2Cc3ccccc32)CCCNC1. The zero-order valence-electron chi connectivity index (χ0n) is 11.0. The highest BCUT2D eigenvalue weighted by molar-refractivity contribution is 5.86. The van der Waals surface area contributed by atoms with Crippen LogP contribution in [0.4, 0.5) is 0 Å². The Morgan fingerprint density at radius 2 is 2.28 bits per heavy atom. The van der Waals surface area contributed by atoms with E-state index in [-0.39, 0.29) is 5.41 Å². The van der Waals surface area contributed by atoms with Gasteiger partial charge in [0.05, 0.1) is 0 Å². The molecular weight excluding hydrogens is 222 g/mol. The monoisotopic (exact) mass is 243 g/mol. The smallest absolute Gasteiger partial charge is 0.140 e. The molecule has 1 N–H and O–H groups in total. The zero-order valence-corrected chi connectivity index (χ0v) is 11.0. The summed E-state index contributed by atoms with van der Waals surface area (Å²) in [7, 11) is 0. The van der Waals surface area contributed by atoms with Gasteiger partial charge in [-0.1, -0.05) is 31.2 Å². The van der Waals surface area contributed by atoms with Gasteiger partial charge in [0.15, 0.2) is 0 Å². The summed E-state index contributed by atoms with van der Waals surface area (Å²) in [5.74, 6) is 0.932. The molecule has 1 heterocycles. The molecule has 3 rings (SSSR count). The van der Waals surface area contributed by atoms with Gasteiger partial charge in [-0.3, -0.25) is 4.79 Å². The van der Waals surface area contributed by atoms with Crippen LogP contribution in [0.1, 0.15) is 43.2 Å². The topological polar surface area (TPSA) is 29.1 Å². The van der Waals surface area contributed by atoms with Gasteiger partial charge in [-0.25, -0.2) is 0 Å². The van der Waals surface area contributed by atoms with Crippen molar-refractivity contribution in [3.8, 4) is 0 Å². The number of nitrogens with one attached hydrogen (secondary N) is 1. The Bertz CT molecular complexity index is 460. The van der Waals surface area contributed by atoms with Crippen LogP contribution >= 0.6 is 0 Å². The lowest BCUT2D eigenvalue weighted by atomic mass is 9.70. The van der Waals surface area contributed by atoms with Crippen molar-refractivity contribution in [2.45, 2.75) is 38.5 Å². The Kier molecular flexibility index (Phi) is 2.98. The third-order valence-corrected chi connectivity index (χ3v) is 4.66. The first-order valence-electron chi connectivity index (χ1n) is 7.01. The minimum Gasteiger partial charge on any atom is -0.316 e. The summed E-state index contributed by atoms with van der Waals surface area (Å²) in [6.07, 6.45) is 4.00. The number of ketones is 1. The van der Waals surface area contributed by atoms with Crippen molar-refractivity contribution in [1.82, 2.24) is 5.32 Å². The van der Waals surface area contributed by atoms with E-state index in [1.807, 2.05) is 0 Å². The van der Waals surface area contributed by atoms with Gasteiger partial charge < -0.3 is 5.32 Å². The van der Waals surface area contributed by atoms with Crippen molar-refractivity contribution < 1.29 is 4.79 Å². The average molecular weight is 243 g/mol. The fourth-order valence-electron chi connectivity index (χ4n) is 3.31. The lowest BCUT2D eigenvalue weighted by molar-refractivity contribution is -0.129. The molecule has 1 aromatic carbocycles. The molecule has 2 aliphatic rings. The summed E-state index contributed by atoms with van der Waals surface area (Å²) in [6.45, 7) is 4.06. The Morgan fingerprint density at radius 1 is 1.44 bits per heavy atom. The Balaban J connectivity index is 1.66. The van der Waals surface area contributed by atoms with E-state index in [2.05, 4.69) is 36.5 Å². The average Bonchev–Trinajstić information content (AvgIpc) is 2.36. The molecule has 2 unspecified atom stereocenters. The number of rotatable bonds is 3. The third-order valence-electron chi connectivity index (χ3n) is 4.66. The van der Waals surface area contributed by atoms with E-state index in [0.29, 0.717) is 11.7 Å². The third kappa shape index (κ3) is 1.99. The number of benzene rings is 1. The molecule has 1 fully saturated rings. The van der Waals surface area contributed by atoms with E-state index in [1.165, 1.54) is 11.1 Å². The molecular formula is C16H21NO. The van der Waals surface area contributed by atoms with E-state index in [9.17, 15) is 4.79 Å². The van der Waals surface area contributed by atoms with Gasteiger partial charge in [-0.15, -0.1) is 0 Å². The van der Waals surface area contributed by atoms with Gasteiger partial charge in [0, 0.05) is 18.4 Å². The molecule has 2 heteroatoms. The molecule has 2 nitrogen and oxygen atoms in total. The van der Waals surface area contributed by atoms with Crippen molar-refractivity contribution in [2.75, 3.05) is 13.1 Å². The molecule has 0 spiro atoms. The standard InChI is InChI=1S/C16H21NO/c1-16(7-4-8-17-11-16)15(18)10-13-9-12-5-2-3-6-14(12)13/h2-3,5-6,13,17H,4,7-11H2,1H3. The van der Waals surface area contributed by atoms with E-state index >= 15 is 0 Å². The maximum absolute atomic E-state index is 12.5. The molecule has 1 aliphatic heterocycles. The molecule has 2 atom stereocenters. The van der Waals surface area contributed by atoms with Crippen LogP contribution in [0, 0.1) is 5.41 Å². The van der Waals surface area contributed by atoms with Gasteiger partial charge in [0.1, 0.15) is 5.78 Å². The van der Waals surface area contributed by atoms with E-state index < -0.39 is 0 Å². The molecule has 1 saturated heterocycles. The molecule has 0 bridgehead atoms. The summed E-state index contributed by atoms with van der Waals surface area (Å²) in [5.41, 5.74) is 2.71. The van der Waals surface area contributed by atoms with Crippen LogP contribution in [0.3, 0.4) is 0 Å². The maximum atomic E-state index is 12.5. The van der Waals surface area contributed by atoms with E-state index in [1.54, 1.807) is 0 Å². The summed E-state index contributed by atoms with van der Waals surface area (Å²) < 4.78 is 0. The van der Waals surface area contributed by atoms with Crippen LogP contribution < -0.4 is 5.32 Å². The van der Waals surface area contributed by atoms with Crippen molar-refractivity contribution in [3.05, 3.63) is 35.4 Å². The van der Waals surface area contributed by atoms with Crippen molar-refractivity contribution >= 4 is 5.78 Å². The molecule has 0 amide bonds. The van der Waals surface area contributed by atoms with Gasteiger partial charge in [-0.2, -0.15) is 0 Å². The Labute approximate surface area is 109 Å². The second-order valence-corrected chi connectivity index (χ2v) is 6.07. The fourth-order valence-corrected chi connectivity index (χ4v) is 3.31. The fraction of sp³-hybridized carbons (Fsp3) is 0.562. The second kappa shape index (κ2) is 4.51. The van der Waals surface area contributed by atoms with Crippen LogP contribution in [-0.2, 0) is 11.2 Å². The minimum absolute atomic E-state index is 0.122. The van der Waals surface area contributed by atoms with E-state index in [4.69, 9.17) is 0 Å². The largest absolute Gasteiger partial charge is 0.316 e. The normalized spacial score (nSPS) is 30.4. The lowest BCUT2D eigenvalue weighted by Gasteiger charge is -2.36. The molecule has 18 heavy (non-hydrogen) atoms. The molecule has 0 aromatic heterocycles. The number of carbonyl (C=O) groups is 1. The summed E-state index contributed by atoms with van der Waals surface area (Å²) in [4.78, 5) is 12.5. The number of piperidine rings is 1. The van der Waals surface area contributed by atoms with Crippen LogP contribution in [0.2, 0.25) is 0 Å². The Morgan fingerprint density at radius 3 is 3.00 bits per heavy atom. The first kappa shape index (κ1) is 11.9. The van der Waals surface area contributed by atoms with Crippen molar-refractivity contribution in [3.63, 3.8) is 0 Å². The van der Waals surface area contributed by atoms with Gasteiger partial charge >= 0.3 is 0 Å². The highest BCUT2D eigenvalue weighted by Gasteiger charge is 2.37. The Hall–Kier alpha value is -1.15. The number of hydrogen-bond acceptors (Lipinski definition) is 2. The first-order valence-corrected chi connectivity index (χ1v) is 7.01. The van der Waals surface area contributed by atoms with Crippen molar-refractivity contribution in [1.29, 1.82) is 0 Å². The number of hydrogen-bond donors (Lipinski definition) is 1.